The van der Waals surface area contributed by atoms with Crippen molar-refractivity contribution in [3.05, 3.63) is 0 Å². The van der Waals surface area contributed by atoms with E-state index in [2.05, 4.69) is 18.7 Å². The second kappa shape index (κ2) is 7.32. The summed E-state index contributed by atoms with van der Waals surface area (Å²) in [4.78, 5) is 3.34. The molecule has 1 saturated carbocycles. The van der Waals surface area contributed by atoms with E-state index >= 15 is 0 Å². The molecule has 0 heterocycles. The highest BCUT2D eigenvalue weighted by Gasteiger charge is 2.43. The third kappa shape index (κ3) is 5.82. The average Bonchev–Trinajstić information content (AvgIpc) is 3.01. The highest BCUT2D eigenvalue weighted by atomic mass is 32.1. The van der Waals surface area contributed by atoms with Gasteiger partial charge in [-0.25, -0.2) is 0 Å². The Morgan fingerprint density at radius 3 is 2.06 bits per heavy atom. The summed E-state index contributed by atoms with van der Waals surface area (Å²) in [6.45, 7) is 8.23. The molecule has 0 spiro atoms. The Bertz CT molecular complexity index is 228. The molecule has 0 unspecified atom stereocenters. The minimum atomic E-state index is 0.452. The van der Waals surface area contributed by atoms with Crippen LogP contribution in [0.5, 0.6) is 0 Å². The van der Waals surface area contributed by atoms with Gasteiger partial charge in [0.15, 0.2) is 0 Å². The third-order valence-electron chi connectivity index (χ3n) is 3.72. The summed E-state index contributed by atoms with van der Waals surface area (Å²) in [5.41, 5.74) is 6.16. The van der Waals surface area contributed by atoms with Gasteiger partial charge in [-0.1, -0.05) is 38.9 Å². The largest absolute Gasteiger partial charge is 0.393 e. The summed E-state index contributed by atoms with van der Waals surface area (Å²) in [6.07, 6.45) is 8.78. The molecule has 1 aliphatic carbocycles. The van der Waals surface area contributed by atoms with Crippen molar-refractivity contribution in [3.63, 3.8) is 0 Å². The van der Waals surface area contributed by atoms with Crippen LogP contribution in [0.2, 0.25) is 0 Å². The predicted molar refractivity (Wildman–Crippen MR) is 79.3 cm³/mol. The maximum Gasteiger partial charge on any atom is 0.0733 e. The normalized spacial score (nSPS) is 17.4. The van der Waals surface area contributed by atoms with Gasteiger partial charge in [0.2, 0.25) is 0 Å². The monoisotopic (exact) mass is 256 g/mol. The van der Waals surface area contributed by atoms with Crippen LogP contribution in [0.4, 0.5) is 0 Å². The number of nitrogens with two attached hydrogens (primary N) is 1. The quantitative estimate of drug-likeness (QED) is 0.608. The first-order valence-corrected chi connectivity index (χ1v) is 7.53. The molecule has 2 N–H and O–H groups in total. The smallest absolute Gasteiger partial charge is 0.0733 e. The minimum absolute atomic E-state index is 0.452. The number of nitrogens with zero attached hydrogens (tertiary/aromatic N) is 1. The molecule has 0 aromatic heterocycles. The zero-order valence-corrected chi connectivity index (χ0v) is 12.3. The number of hydrogen-bond acceptors (Lipinski definition) is 2. The fourth-order valence-corrected chi connectivity index (χ4v) is 2.75. The first-order valence-electron chi connectivity index (χ1n) is 7.12. The Morgan fingerprint density at radius 1 is 1.18 bits per heavy atom. The molecule has 0 aromatic rings. The van der Waals surface area contributed by atoms with Crippen molar-refractivity contribution in [2.75, 3.05) is 19.6 Å². The van der Waals surface area contributed by atoms with Crippen LogP contribution in [0.3, 0.4) is 0 Å². The Hall–Kier alpha value is -0.150. The molecule has 0 aromatic carbocycles. The first kappa shape index (κ1) is 14.9. The van der Waals surface area contributed by atoms with Gasteiger partial charge in [0.1, 0.15) is 0 Å². The fraction of sp³-hybridized carbons (Fsp3) is 0.929. The van der Waals surface area contributed by atoms with Crippen molar-refractivity contribution in [1.29, 1.82) is 0 Å². The van der Waals surface area contributed by atoms with Crippen molar-refractivity contribution in [2.24, 2.45) is 11.1 Å². The Morgan fingerprint density at radius 2 is 1.71 bits per heavy atom. The summed E-state index contributed by atoms with van der Waals surface area (Å²) in [5.74, 6) is 0. The lowest BCUT2D eigenvalue weighted by atomic mass is 10.0. The van der Waals surface area contributed by atoms with E-state index in [1.807, 2.05) is 0 Å². The number of unbranched alkanes of at least 4 members (excludes halogenated alkanes) is 2. The maximum atomic E-state index is 5.71. The molecule has 2 nitrogen and oxygen atoms in total. The van der Waals surface area contributed by atoms with Gasteiger partial charge in [-0.05, 0) is 44.2 Å². The molecule has 1 aliphatic rings. The Balaban J connectivity index is 2.38. The van der Waals surface area contributed by atoms with Crippen LogP contribution in [0.1, 0.15) is 58.8 Å². The zero-order chi connectivity index (χ0) is 12.7. The van der Waals surface area contributed by atoms with Crippen LogP contribution in [-0.2, 0) is 0 Å². The van der Waals surface area contributed by atoms with Crippen LogP contribution in [0, 0.1) is 5.41 Å². The molecular weight excluding hydrogens is 228 g/mol. The van der Waals surface area contributed by atoms with E-state index in [1.54, 1.807) is 0 Å². The summed E-state index contributed by atoms with van der Waals surface area (Å²) in [7, 11) is 0. The molecule has 0 radical (unpaired) electrons. The van der Waals surface area contributed by atoms with Crippen molar-refractivity contribution in [1.82, 2.24) is 4.90 Å². The van der Waals surface area contributed by atoms with E-state index in [0.29, 0.717) is 10.4 Å². The van der Waals surface area contributed by atoms with Crippen LogP contribution in [0.15, 0.2) is 0 Å². The standard InChI is InChI=1S/C14H28N2S/c1-3-5-9-16(10-6-4-2)12-14(7-8-14)11-13(15)17/h3-12H2,1-2H3,(H2,15,17). The van der Waals surface area contributed by atoms with E-state index in [1.165, 1.54) is 58.2 Å². The molecule has 100 valence electrons. The summed E-state index contributed by atoms with van der Waals surface area (Å²) >= 11 is 5.07. The SMILES string of the molecule is CCCCN(CCCC)CC1(CC(N)=S)CC1. The van der Waals surface area contributed by atoms with E-state index in [-0.39, 0.29) is 0 Å². The molecule has 1 fully saturated rings. The zero-order valence-electron chi connectivity index (χ0n) is 11.5. The molecule has 0 bridgehead atoms. The van der Waals surface area contributed by atoms with Gasteiger partial charge in [0.25, 0.3) is 0 Å². The van der Waals surface area contributed by atoms with Gasteiger partial charge < -0.3 is 10.6 Å². The van der Waals surface area contributed by atoms with Crippen molar-refractivity contribution >= 4 is 17.2 Å². The van der Waals surface area contributed by atoms with Crippen molar-refractivity contribution in [2.45, 2.75) is 58.8 Å². The molecule has 0 aliphatic heterocycles. The predicted octanol–water partition coefficient (Wildman–Crippen LogP) is 3.35. The molecule has 0 amide bonds. The van der Waals surface area contributed by atoms with Crippen LogP contribution < -0.4 is 5.73 Å². The molecule has 3 heteroatoms. The second-order valence-corrected chi connectivity index (χ2v) is 6.15. The van der Waals surface area contributed by atoms with Crippen LogP contribution in [0.25, 0.3) is 0 Å². The van der Waals surface area contributed by atoms with Crippen LogP contribution in [-0.4, -0.2) is 29.5 Å². The second-order valence-electron chi connectivity index (χ2n) is 5.63. The van der Waals surface area contributed by atoms with Gasteiger partial charge in [-0.2, -0.15) is 0 Å². The van der Waals surface area contributed by atoms with Crippen molar-refractivity contribution in [3.8, 4) is 0 Å². The third-order valence-corrected chi connectivity index (χ3v) is 3.87. The summed E-state index contributed by atoms with van der Waals surface area (Å²) in [5, 5.41) is 0. The Kier molecular flexibility index (Phi) is 6.42. The lowest BCUT2D eigenvalue weighted by Crippen LogP contribution is -2.34. The molecule has 17 heavy (non-hydrogen) atoms. The molecule has 1 rings (SSSR count). The minimum Gasteiger partial charge on any atom is -0.393 e. The van der Waals surface area contributed by atoms with Gasteiger partial charge in [0.05, 0.1) is 4.99 Å². The lowest BCUT2D eigenvalue weighted by Gasteiger charge is -2.27. The summed E-state index contributed by atoms with van der Waals surface area (Å²) < 4.78 is 0. The molecule has 0 saturated heterocycles. The van der Waals surface area contributed by atoms with Gasteiger partial charge in [0, 0.05) is 13.0 Å². The van der Waals surface area contributed by atoms with Crippen LogP contribution >= 0.6 is 12.2 Å². The highest BCUT2D eigenvalue weighted by molar-refractivity contribution is 7.80. The molecule has 0 atom stereocenters. The van der Waals surface area contributed by atoms with E-state index in [0.717, 1.165) is 6.42 Å². The number of thiocarbonyl (C=S) groups is 1. The highest BCUT2D eigenvalue weighted by Crippen LogP contribution is 2.49. The topological polar surface area (TPSA) is 29.3 Å². The van der Waals surface area contributed by atoms with E-state index in [4.69, 9.17) is 18.0 Å². The summed E-state index contributed by atoms with van der Waals surface area (Å²) in [6, 6.07) is 0. The van der Waals surface area contributed by atoms with E-state index < -0.39 is 0 Å². The number of hydrogen-bond donors (Lipinski definition) is 1. The van der Waals surface area contributed by atoms with Gasteiger partial charge in [-0.15, -0.1) is 0 Å². The average molecular weight is 256 g/mol. The Labute approximate surface area is 112 Å². The number of rotatable bonds is 10. The maximum absolute atomic E-state index is 5.71. The first-order chi connectivity index (χ1) is 8.12. The van der Waals surface area contributed by atoms with Crippen molar-refractivity contribution < 1.29 is 0 Å². The van der Waals surface area contributed by atoms with Gasteiger partial charge in [-0.3, -0.25) is 0 Å². The van der Waals surface area contributed by atoms with Gasteiger partial charge >= 0.3 is 0 Å². The van der Waals surface area contributed by atoms with E-state index in [9.17, 15) is 0 Å². The fourth-order valence-electron chi connectivity index (χ4n) is 2.44. The lowest BCUT2D eigenvalue weighted by molar-refractivity contribution is 0.216. The molecular formula is C14H28N2S.